The van der Waals surface area contributed by atoms with E-state index in [4.69, 9.17) is 0 Å². The predicted molar refractivity (Wildman–Crippen MR) is 87.8 cm³/mol. The predicted octanol–water partition coefficient (Wildman–Crippen LogP) is 1.36. The number of nitrogens with zero attached hydrogens (tertiary/aromatic N) is 1. The summed E-state index contributed by atoms with van der Waals surface area (Å²) in [5.74, 6) is -1.02. The highest BCUT2D eigenvalue weighted by Gasteiger charge is 2.23. The summed E-state index contributed by atoms with van der Waals surface area (Å²) in [5.41, 5.74) is 1.21. The Hall–Kier alpha value is -2.09. The maximum Gasteiger partial charge on any atom is 0.335 e. The van der Waals surface area contributed by atoms with E-state index in [-0.39, 0.29) is 17.2 Å². The van der Waals surface area contributed by atoms with Crippen LogP contribution in [-0.4, -0.2) is 50.5 Å². The highest BCUT2D eigenvalue weighted by molar-refractivity contribution is 7.90. The molecule has 0 aliphatic carbocycles. The Morgan fingerprint density at radius 3 is 2.65 bits per heavy atom. The lowest BCUT2D eigenvalue weighted by Gasteiger charge is -2.18. The molecule has 1 aliphatic heterocycles. The van der Waals surface area contributed by atoms with Crippen LogP contribution in [0.3, 0.4) is 0 Å². The summed E-state index contributed by atoms with van der Waals surface area (Å²) in [4.78, 5) is 24.7. The average Bonchev–Trinajstić information content (AvgIpc) is 2.88. The van der Waals surface area contributed by atoms with Crippen LogP contribution in [0.25, 0.3) is 0 Å². The van der Waals surface area contributed by atoms with E-state index in [0.717, 1.165) is 6.42 Å². The molecule has 1 aromatic rings. The number of carbonyl (C=O) groups is 2. The van der Waals surface area contributed by atoms with Gasteiger partial charge in [-0.05, 0) is 31.0 Å². The van der Waals surface area contributed by atoms with Gasteiger partial charge in [0.25, 0.3) is 0 Å². The Bertz CT molecular complexity index is 715. The van der Waals surface area contributed by atoms with E-state index < -0.39 is 15.8 Å². The summed E-state index contributed by atoms with van der Waals surface area (Å²) in [7, 11) is -3.02. The molecule has 0 bridgehead atoms. The molecule has 1 heterocycles. The molecule has 1 saturated heterocycles. The molecule has 126 valence electrons. The molecular formula is C15H20N2O5S. The Morgan fingerprint density at radius 1 is 1.35 bits per heavy atom. The van der Waals surface area contributed by atoms with Crippen molar-refractivity contribution in [2.45, 2.75) is 19.3 Å². The average molecular weight is 340 g/mol. The quantitative estimate of drug-likeness (QED) is 0.726. The topological polar surface area (TPSA) is 104 Å². The number of aromatic carboxylic acids is 1. The summed E-state index contributed by atoms with van der Waals surface area (Å²) in [6, 6.07) is 4.68. The Kier molecular flexibility index (Phi) is 5.25. The Balaban J connectivity index is 2.13. The van der Waals surface area contributed by atoms with Gasteiger partial charge >= 0.3 is 5.97 Å². The third-order valence-electron chi connectivity index (χ3n) is 3.57. The fourth-order valence-electron chi connectivity index (χ4n) is 2.48. The summed E-state index contributed by atoms with van der Waals surface area (Å²) in [6.07, 6.45) is 2.82. The van der Waals surface area contributed by atoms with Crippen molar-refractivity contribution in [3.8, 4) is 0 Å². The molecule has 1 amide bonds. The van der Waals surface area contributed by atoms with Crippen LogP contribution in [0.2, 0.25) is 0 Å². The van der Waals surface area contributed by atoms with Crippen LogP contribution >= 0.6 is 0 Å². The second-order valence-corrected chi connectivity index (χ2v) is 7.89. The largest absolute Gasteiger partial charge is 0.478 e. The number of nitrogens with one attached hydrogen (secondary N) is 1. The maximum atomic E-state index is 11.8. The van der Waals surface area contributed by atoms with Crippen molar-refractivity contribution < 1.29 is 23.1 Å². The number of sulfone groups is 1. The van der Waals surface area contributed by atoms with E-state index >= 15 is 0 Å². The highest BCUT2D eigenvalue weighted by Crippen LogP contribution is 2.26. The first kappa shape index (κ1) is 17.3. The molecule has 7 nitrogen and oxygen atoms in total. The van der Waals surface area contributed by atoms with E-state index in [0.29, 0.717) is 37.3 Å². The number of hydrogen-bond acceptors (Lipinski definition) is 5. The van der Waals surface area contributed by atoms with Gasteiger partial charge in [-0.25, -0.2) is 13.2 Å². The van der Waals surface area contributed by atoms with Crippen LogP contribution in [0.5, 0.6) is 0 Å². The van der Waals surface area contributed by atoms with Crippen molar-refractivity contribution in [1.29, 1.82) is 0 Å². The zero-order valence-electron chi connectivity index (χ0n) is 12.9. The van der Waals surface area contributed by atoms with Gasteiger partial charge < -0.3 is 15.3 Å². The van der Waals surface area contributed by atoms with Crippen LogP contribution < -0.4 is 10.2 Å². The van der Waals surface area contributed by atoms with Crippen LogP contribution in [-0.2, 0) is 14.6 Å². The smallest absolute Gasteiger partial charge is 0.335 e. The van der Waals surface area contributed by atoms with E-state index in [1.54, 1.807) is 11.0 Å². The number of carbonyl (C=O) groups excluding carboxylic acids is 1. The van der Waals surface area contributed by atoms with Gasteiger partial charge in [-0.2, -0.15) is 0 Å². The van der Waals surface area contributed by atoms with E-state index in [2.05, 4.69) is 5.32 Å². The summed E-state index contributed by atoms with van der Waals surface area (Å²) < 4.78 is 22.2. The SMILES string of the molecule is CS(=O)(=O)CCCNc1cc(C(=O)O)cc(N2CCCC2=O)c1. The number of carboxylic acids is 1. The third-order valence-corrected chi connectivity index (χ3v) is 4.60. The van der Waals surface area contributed by atoms with Crippen molar-refractivity contribution in [2.24, 2.45) is 0 Å². The molecule has 0 radical (unpaired) electrons. The molecule has 0 saturated carbocycles. The van der Waals surface area contributed by atoms with E-state index in [1.807, 2.05) is 0 Å². The minimum atomic E-state index is -3.02. The Morgan fingerprint density at radius 2 is 2.09 bits per heavy atom. The summed E-state index contributed by atoms with van der Waals surface area (Å²) in [5, 5.41) is 12.2. The molecule has 23 heavy (non-hydrogen) atoms. The molecule has 8 heteroatoms. The van der Waals surface area contributed by atoms with Gasteiger partial charge in [-0.1, -0.05) is 0 Å². The standard InChI is InChI=1S/C15H20N2O5S/c1-23(21,22)7-3-5-16-12-8-11(15(19)20)9-13(10-12)17-6-2-4-14(17)18/h8-10,16H,2-7H2,1H3,(H,19,20). The van der Waals surface area contributed by atoms with Gasteiger partial charge in [-0.15, -0.1) is 0 Å². The fraction of sp³-hybridized carbons (Fsp3) is 0.467. The first-order valence-corrected chi connectivity index (χ1v) is 9.43. The lowest BCUT2D eigenvalue weighted by molar-refractivity contribution is -0.117. The first-order valence-electron chi connectivity index (χ1n) is 7.36. The minimum absolute atomic E-state index is 0.0180. The lowest BCUT2D eigenvalue weighted by atomic mass is 10.1. The van der Waals surface area contributed by atoms with E-state index in [9.17, 15) is 23.1 Å². The zero-order valence-corrected chi connectivity index (χ0v) is 13.7. The van der Waals surface area contributed by atoms with E-state index in [1.165, 1.54) is 18.4 Å². The molecule has 1 fully saturated rings. The molecule has 0 unspecified atom stereocenters. The second kappa shape index (κ2) is 6.99. The lowest BCUT2D eigenvalue weighted by Crippen LogP contribution is -2.24. The van der Waals surface area contributed by atoms with Gasteiger partial charge in [0.15, 0.2) is 0 Å². The van der Waals surface area contributed by atoms with Crippen LogP contribution in [0.1, 0.15) is 29.6 Å². The number of amides is 1. The van der Waals surface area contributed by atoms with Gasteiger partial charge in [0.2, 0.25) is 5.91 Å². The molecule has 1 aromatic carbocycles. The number of anilines is 2. The number of rotatable bonds is 7. The van der Waals surface area contributed by atoms with Crippen LogP contribution in [0.4, 0.5) is 11.4 Å². The molecule has 2 rings (SSSR count). The normalized spacial score (nSPS) is 15.0. The Labute approximate surface area is 135 Å². The van der Waals surface area contributed by atoms with Crippen LogP contribution in [0.15, 0.2) is 18.2 Å². The van der Waals surface area contributed by atoms with Crippen LogP contribution in [0, 0.1) is 0 Å². The first-order chi connectivity index (χ1) is 10.8. The summed E-state index contributed by atoms with van der Waals surface area (Å²) in [6.45, 7) is 0.985. The third kappa shape index (κ3) is 4.95. The molecule has 1 aliphatic rings. The zero-order chi connectivity index (χ0) is 17.0. The molecule has 0 atom stereocenters. The number of carboxylic acid groups (broad SMARTS) is 1. The maximum absolute atomic E-state index is 11.8. The minimum Gasteiger partial charge on any atom is -0.478 e. The van der Waals surface area contributed by atoms with Crippen molar-refractivity contribution in [1.82, 2.24) is 0 Å². The van der Waals surface area contributed by atoms with Gasteiger partial charge in [0.05, 0.1) is 11.3 Å². The molecule has 2 N–H and O–H groups in total. The van der Waals surface area contributed by atoms with Crippen molar-refractivity contribution >= 4 is 33.1 Å². The van der Waals surface area contributed by atoms with Gasteiger partial charge in [0.1, 0.15) is 9.84 Å². The highest BCUT2D eigenvalue weighted by atomic mass is 32.2. The van der Waals surface area contributed by atoms with Crippen molar-refractivity contribution in [3.05, 3.63) is 23.8 Å². The van der Waals surface area contributed by atoms with Crippen molar-refractivity contribution in [3.63, 3.8) is 0 Å². The van der Waals surface area contributed by atoms with Gasteiger partial charge in [0, 0.05) is 37.1 Å². The monoisotopic (exact) mass is 340 g/mol. The van der Waals surface area contributed by atoms with Gasteiger partial charge in [-0.3, -0.25) is 4.79 Å². The number of hydrogen-bond donors (Lipinski definition) is 2. The second-order valence-electron chi connectivity index (χ2n) is 5.63. The molecule has 0 aromatic heterocycles. The fourth-order valence-corrected chi connectivity index (χ4v) is 3.15. The summed E-state index contributed by atoms with van der Waals surface area (Å²) >= 11 is 0. The molecule has 0 spiro atoms. The number of benzene rings is 1. The van der Waals surface area contributed by atoms with Crippen molar-refractivity contribution in [2.75, 3.05) is 35.3 Å². The molecular weight excluding hydrogens is 320 g/mol.